The van der Waals surface area contributed by atoms with Gasteiger partial charge in [-0.05, 0) is 26.0 Å². The van der Waals surface area contributed by atoms with Crippen LogP contribution in [0.15, 0.2) is 29.4 Å². The van der Waals surface area contributed by atoms with E-state index in [0.29, 0.717) is 13.1 Å². The molecule has 106 valence electrons. The summed E-state index contributed by atoms with van der Waals surface area (Å²) in [5, 5.41) is 0. The van der Waals surface area contributed by atoms with Gasteiger partial charge < -0.3 is 10.5 Å². The lowest BCUT2D eigenvalue weighted by atomic mass is 10.1. The molecule has 2 rings (SSSR count). The zero-order chi connectivity index (χ0) is 14.1. The minimum Gasteiger partial charge on any atom is -0.368 e. The van der Waals surface area contributed by atoms with Crippen LogP contribution in [0, 0.1) is 0 Å². The summed E-state index contributed by atoms with van der Waals surface area (Å²) in [6.45, 7) is 4.60. The molecule has 1 aliphatic heterocycles. The van der Waals surface area contributed by atoms with E-state index in [1.807, 2.05) is 13.8 Å². The molecule has 19 heavy (non-hydrogen) atoms. The molecule has 1 fully saturated rings. The normalized spacial score (nSPS) is 24.3. The van der Waals surface area contributed by atoms with Gasteiger partial charge in [-0.1, -0.05) is 0 Å². The fourth-order valence-corrected chi connectivity index (χ4v) is 3.78. The third kappa shape index (κ3) is 3.11. The van der Waals surface area contributed by atoms with E-state index in [1.165, 1.54) is 10.5 Å². The molecule has 0 radical (unpaired) electrons. The molecule has 6 nitrogen and oxygen atoms in total. The Kier molecular flexibility index (Phi) is 3.91. The molecular formula is C12H19N3O3S. The van der Waals surface area contributed by atoms with Crippen molar-refractivity contribution < 1.29 is 13.2 Å². The predicted molar refractivity (Wildman–Crippen MR) is 71.0 cm³/mol. The first-order valence-corrected chi connectivity index (χ1v) is 7.57. The fraction of sp³-hybridized carbons (Fsp3) is 0.583. The Bertz CT molecular complexity index is 530. The summed E-state index contributed by atoms with van der Waals surface area (Å²) in [6, 6.07) is 3.15. The Hall–Kier alpha value is -1.02. The molecule has 1 aromatic heterocycles. The number of nitrogens with zero attached hydrogens (tertiary/aromatic N) is 2. The number of pyridine rings is 1. The highest BCUT2D eigenvalue weighted by molar-refractivity contribution is 7.89. The lowest BCUT2D eigenvalue weighted by Gasteiger charge is -2.41. The van der Waals surface area contributed by atoms with Gasteiger partial charge >= 0.3 is 0 Å². The van der Waals surface area contributed by atoms with Crippen LogP contribution in [0.2, 0.25) is 0 Å². The van der Waals surface area contributed by atoms with Crippen molar-refractivity contribution in [2.75, 3.05) is 19.6 Å². The number of hydrogen-bond donors (Lipinski definition) is 1. The molecule has 0 spiro atoms. The SMILES string of the molecule is CC1(C)CN(S(=O)(=O)c2cccnc2)CC(CN)O1. The van der Waals surface area contributed by atoms with Gasteiger partial charge in [0, 0.05) is 32.0 Å². The Morgan fingerprint density at radius 1 is 1.58 bits per heavy atom. The number of morpholine rings is 1. The molecule has 0 saturated carbocycles. The van der Waals surface area contributed by atoms with E-state index < -0.39 is 15.6 Å². The number of sulfonamides is 1. The van der Waals surface area contributed by atoms with Crippen LogP contribution >= 0.6 is 0 Å². The van der Waals surface area contributed by atoms with Gasteiger partial charge in [0.2, 0.25) is 10.0 Å². The van der Waals surface area contributed by atoms with Crippen molar-refractivity contribution in [3.05, 3.63) is 24.5 Å². The number of nitrogens with two attached hydrogens (primary N) is 1. The van der Waals surface area contributed by atoms with Crippen molar-refractivity contribution in [2.45, 2.75) is 30.4 Å². The van der Waals surface area contributed by atoms with Gasteiger partial charge in [0.05, 0.1) is 11.7 Å². The number of hydrogen-bond acceptors (Lipinski definition) is 5. The van der Waals surface area contributed by atoms with Crippen LogP contribution in [-0.4, -0.2) is 49.0 Å². The van der Waals surface area contributed by atoms with Gasteiger partial charge in [0.25, 0.3) is 0 Å². The van der Waals surface area contributed by atoms with Gasteiger partial charge in [-0.3, -0.25) is 4.98 Å². The number of ether oxygens (including phenoxy) is 1. The molecule has 0 bridgehead atoms. The third-order valence-corrected chi connectivity index (χ3v) is 4.78. The minimum absolute atomic E-state index is 0.198. The zero-order valence-electron chi connectivity index (χ0n) is 11.1. The zero-order valence-corrected chi connectivity index (χ0v) is 11.9. The fourth-order valence-electron chi connectivity index (χ4n) is 2.20. The van der Waals surface area contributed by atoms with E-state index >= 15 is 0 Å². The second kappa shape index (κ2) is 5.16. The molecule has 1 aliphatic rings. The van der Waals surface area contributed by atoms with Crippen molar-refractivity contribution in [1.82, 2.24) is 9.29 Å². The van der Waals surface area contributed by atoms with E-state index in [2.05, 4.69) is 4.98 Å². The highest BCUT2D eigenvalue weighted by Crippen LogP contribution is 2.25. The Morgan fingerprint density at radius 3 is 2.89 bits per heavy atom. The quantitative estimate of drug-likeness (QED) is 0.858. The molecule has 1 aromatic rings. The Morgan fingerprint density at radius 2 is 2.32 bits per heavy atom. The molecule has 1 unspecified atom stereocenters. The number of rotatable bonds is 3. The third-order valence-electron chi connectivity index (χ3n) is 2.99. The summed E-state index contributed by atoms with van der Waals surface area (Å²) < 4.78 is 32.2. The first kappa shape index (κ1) is 14.4. The van der Waals surface area contributed by atoms with E-state index in [9.17, 15) is 8.42 Å². The molecule has 2 N–H and O–H groups in total. The molecule has 1 atom stereocenters. The molecule has 7 heteroatoms. The summed E-state index contributed by atoms with van der Waals surface area (Å²) in [7, 11) is -3.54. The average molecular weight is 285 g/mol. The molecule has 2 heterocycles. The Balaban J connectivity index is 2.30. The minimum atomic E-state index is -3.54. The van der Waals surface area contributed by atoms with Gasteiger partial charge in [0.15, 0.2) is 0 Å². The number of aromatic nitrogens is 1. The first-order valence-electron chi connectivity index (χ1n) is 6.13. The van der Waals surface area contributed by atoms with Crippen LogP contribution < -0.4 is 5.73 Å². The second-order valence-corrected chi connectivity index (χ2v) is 7.16. The molecule has 0 aromatic carbocycles. The molecule has 0 aliphatic carbocycles. The highest BCUT2D eigenvalue weighted by atomic mass is 32.2. The van der Waals surface area contributed by atoms with E-state index in [-0.39, 0.29) is 17.5 Å². The van der Waals surface area contributed by atoms with Crippen LogP contribution in [0.3, 0.4) is 0 Å². The highest BCUT2D eigenvalue weighted by Gasteiger charge is 2.38. The van der Waals surface area contributed by atoms with Gasteiger partial charge in [-0.2, -0.15) is 4.31 Å². The molecular weight excluding hydrogens is 266 g/mol. The Labute approximate surface area is 113 Å². The summed E-state index contributed by atoms with van der Waals surface area (Å²) >= 11 is 0. The molecule has 1 saturated heterocycles. The first-order chi connectivity index (χ1) is 8.85. The van der Waals surface area contributed by atoms with Crippen LogP contribution in [0.1, 0.15) is 13.8 Å². The van der Waals surface area contributed by atoms with Crippen molar-refractivity contribution in [1.29, 1.82) is 0 Å². The summed E-state index contributed by atoms with van der Waals surface area (Å²) in [6.07, 6.45) is 2.62. The summed E-state index contributed by atoms with van der Waals surface area (Å²) in [5.74, 6) is 0. The predicted octanol–water partition coefficient (Wildman–Crippen LogP) is 0.208. The maximum absolute atomic E-state index is 12.5. The van der Waals surface area contributed by atoms with Gasteiger partial charge in [-0.25, -0.2) is 8.42 Å². The lowest BCUT2D eigenvalue weighted by Crippen LogP contribution is -2.56. The summed E-state index contributed by atoms with van der Waals surface area (Å²) in [5.41, 5.74) is 5.07. The largest absolute Gasteiger partial charge is 0.368 e. The van der Waals surface area contributed by atoms with Crippen molar-refractivity contribution in [3.63, 3.8) is 0 Å². The lowest BCUT2D eigenvalue weighted by molar-refractivity contribution is -0.112. The van der Waals surface area contributed by atoms with Crippen LogP contribution in [0.5, 0.6) is 0 Å². The van der Waals surface area contributed by atoms with Gasteiger partial charge in [0.1, 0.15) is 4.90 Å². The monoisotopic (exact) mass is 285 g/mol. The topological polar surface area (TPSA) is 85.5 Å². The van der Waals surface area contributed by atoms with Crippen LogP contribution in [0.4, 0.5) is 0 Å². The van der Waals surface area contributed by atoms with E-state index in [4.69, 9.17) is 10.5 Å². The van der Waals surface area contributed by atoms with Crippen molar-refractivity contribution >= 4 is 10.0 Å². The second-order valence-electron chi connectivity index (χ2n) is 5.22. The van der Waals surface area contributed by atoms with Gasteiger partial charge in [-0.15, -0.1) is 0 Å². The average Bonchev–Trinajstić information content (AvgIpc) is 2.37. The van der Waals surface area contributed by atoms with Crippen molar-refractivity contribution in [2.24, 2.45) is 5.73 Å². The van der Waals surface area contributed by atoms with Crippen molar-refractivity contribution in [3.8, 4) is 0 Å². The van der Waals surface area contributed by atoms with Crippen LogP contribution in [-0.2, 0) is 14.8 Å². The summed E-state index contributed by atoms with van der Waals surface area (Å²) in [4.78, 5) is 4.06. The maximum atomic E-state index is 12.5. The van der Waals surface area contributed by atoms with E-state index in [0.717, 1.165) is 0 Å². The maximum Gasteiger partial charge on any atom is 0.244 e. The standard InChI is InChI=1S/C12H19N3O3S/c1-12(2)9-15(8-10(6-13)18-12)19(16,17)11-4-3-5-14-7-11/h3-5,7,10H,6,8-9,13H2,1-2H3. The molecule has 0 amide bonds. The van der Waals surface area contributed by atoms with Crippen LogP contribution in [0.25, 0.3) is 0 Å². The van der Waals surface area contributed by atoms with E-state index in [1.54, 1.807) is 18.3 Å². The smallest absolute Gasteiger partial charge is 0.244 e.